The van der Waals surface area contributed by atoms with Crippen LogP contribution in [0.4, 0.5) is 9.52 Å². The van der Waals surface area contributed by atoms with Crippen LogP contribution >= 0.6 is 11.3 Å². The minimum atomic E-state index is -0.355. The number of hydrogen-bond acceptors (Lipinski definition) is 5. The van der Waals surface area contributed by atoms with Crippen LogP contribution in [0.25, 0.3) is 10.2 Å². The second kappa shape index (κ2) is 6.14. The van der Waals surface area contributed by atoms with E-state index in [1.165, 1.54) is 17.4 Å². The van der Waals surface area contributed by atoms with Crippen molar-refractivity contribution in [1.29, 1.82) is 0 Å². The summed E-state index contributed by atoms with van der Waals surface area (Å²) in [6, 6.07) is 5.17. The van der Waals surface area contributed by atoms with Crippen LogP contribution in [-0.4, -0.2) is 47.6 Å². The molecule has 0 saturated carbocycles. The number of ether oxygens (including phenoxy) is 1. The molecule has 122 valence electrons. The van der Waals surface area contributed by atoms with E-state index in [1.807, 2.05) is 6.07 Å². The Balaban J connectivity index is 1.45. The second-order valence-corrected chi connectivity index (χ2v) is 7.01. The van der Waals surface area contributed by atoms with E-state index in [2.05, 4.69) is 15.2 Å². The first kappa shape index (κ1) is 15.0. The standard InChI is InChI=1S/C16H18FN3O2S/c17-11-2-1-3-13-14(11)18-16(23-13)19-15(21)12-4-7-20(12)10-5-8-22-9-6-10/h1-3,10,12H,4-9H2,(H,18,19,21). The number of anilines is 1. The first-order valence-electron chi connectivity index (χ1n) is 7.92. The molecule has 3 heterocycles. The van der Waals surface area contributed by atoms with Gasteiger partial charge in [0, 0.05) is 25.8 Å². The number of carbonyl (C=O) groups is 1. The molecule has 2 saturated heterocycles. The van der Waals surface area contributed by atoms with E-state index in [9.17, 15) is 9.18 Å². The molecule has 4 rings (SSSR count). The number of amides is 1. The molecule has 1 amide bonds. The summed E-state index contributed by atoms with van der Waals surface area (Å²) in [5.74, 6) is -0.395. The number of thiazole rings is 1. The van der Waals surface area contributed by atoms with Gasteiger partial charge in [0.05, 0.1) is 10.7 Å². The molecule has 0 bridgehead atoms. The third-order valence-corrected chi connectivity index (χ3v) is 5.56. The Morgan fingerprint density at radius 3 is 2.87 bits per heavy atom. The largest absolute Gasteiger partial charge is 0.381 e. The van der Waals surface area contributed by atoms with Gasteiger partial charge >= 0.3 is 0 Å². The smallest absolute Gasteiger partial charge is 0.243 e. The van der Waals surface area contributed by atoms with E-state index in [4.69, 9.17) is 4.74 Å². The molecule has 23 heavy (non-hydrogen) atoms. The summed E-state index contributed by atoms with van der Waals surface area (Å²) < 4.78 is 19.8. The fourth-order valence-electron chi connectivity index (χ4n) is 3.30. The predicted octanol–water partition coefficient (Wildman–Crippen LogP) is 2.63. The van der Waals surface area contributed by atoms with Gasteiger partial charge < -0.3 is 10.1 Å². The summed E-state index contributed by atoms with van der Waals surface area (Å²) in [6.07, 6.45) is 2.83. The van der Waals surface area contributed by atoms with E-state index in [1.54, 1.807) is 6.07 Å². The highest BCUT2D eigenvalue weighted by atomic mass is 32.1. The van der Waals surface area contributed by atoms with E-state index in [0.29, 0.717) is 16.7 Å². The number of para-hydroxylation sites is 1. The van der Waals surface area contributed by atoms with Gasteiger partial charge in [0.1, 0.15) is 11.3 Å². The fraction of sp³-hybridized carbons (Fsp3) is 0.500. The van der Waals surface area contributed by atoms with Crippen LogP contribution in [0.1, 0.15) is 19.3 Å². The van der Waals surface area contributed by atoms with Crippen molar-refractivity contribution >= 4 is 32.6 Å². The molecule has 7 heteroatoms. The SMILES string of the molecule is O=C(Nc1nc2c(F)cccc2s1)C1CCN1C1CCOCC1. The van der Waals surface area contributed by atoms with Crippen LogP contribution in [0.15, 0.2) is 18.2 Å². The van der Waals surface area contributed by atoms with Gasteiger partial charge in [-0.3, -0.25) is 9.69 Å². The molecule has 1 aromatic carbocycles. The Kier molecular flexibility index (Phi) is 4.00. The summed E-state index contributed by atoms with van der Waals surface area (Å²) in [6.45, 7) is 2.50. The lowest BCUT2D eigenvalue weighted by Gasteiger charge is -2.46. The van der Waals surface area contributed by atoms with Crippen molar-refractivity contribution < 1.29 is 13.9 Å². The van der Waals surface area contributed by atoms with Crippen molar-refractivity contribution in [3.8, 4) is 0 Å². The summed E-state index contributed by atoms with van der Waals surface area (Å²) in [4.78, 5) is 19.0. The minimum absolute atomic E-state index is 0.0396. The van der Waals surface area contributed by atoms with Crippen molar-refractivity contribution in [2.75, 3.05) is 25.1 Å². The molecule has 0 aliphatic carbocycles. The molecule has 1 unspecified atom stereocenters. The number of aromatic nitrogens is 1. The monoisotopic (exact) mass is 335 g/mol. The van der Waals surface area contributed by atoms with Crippen molar-refractivity contribution in [3.05, 3.63) is 24.0 Å². The lowest BCUT2D eigenvalue weighted by Crippen LogP contribution is -2.59. The van der Waals surface area contributed by atoms with Crippen LogP contribution < -0.4 is 5.32 Å². The molecule has 0 radical (unpaired) electrons. The molecule has 2 fully saturated rings. The van der Waals surface area contributed by atoms with Gasteiger partial charge in [-0.25, -0.2) is 9.37 Å². The Hall–Kier alpha value is -1.57. The Labute approximate surface area is 137 Å². The lowest BCUT2D eigenvalue weighted by molar-refractivity contribution is -0.129. The third kappa shape index (κ3) is 2.84. The van der Waals surface area contributed by atoms with Gasteiger partial charge in [-0.05, 0) is 31.4 Å². The summed E-state index contributed by atoms with van der Waals surface area (Å²) >= 11 is 1.31. The average Bonchev–Trinajstić information content (AvgIpc) is 2.91. The number of benzene rings is 1. The molecular formula is C16H18FN3O2S. The van der Waals surface area contributed by atoms with Crippen LogP contribution in [0, 0.1) is 5.82 Å². The van der Waals surface area contributed by atoms with Gasteiger partial charge in [0.15, 0.2) is 5.13 Å². The number of likely N-dealkylation sites (tertiary alicyclic amines) is 1. The maximum absolute atomic E-state index is 13.7. The van der Waals surface area contributed by atoms with Gasteiger partial charge in [0.25, 0.3) is 0 Å². The summed E-state index contributed by atoms with van der Waals surface area (Å²) in [5.41, 5.74) is 0.322. The van der Waals surface area contributed by atoms with Gasteiger partial charge in [0.2, 0.25) is 5.91 Å². The number of rotatable bonds is 3. The summed E-state index contributed by atoms with van der Waals surface area (Å²) in [5, 5.41) is 3.33. The van der Waals surface area contributed by atoms with Crippen LogP contribution in [0.5, 0.6) is 0 Å². The van der Waals surface area contributed by atoms with Gasteiger partial charge in [-0.15, -0.1) is 0 Å². The number of nitrogens with zero attached hydrogens (tertiary/aromatic N) is 2. The normalized spacial score (nSPS) is 22.9. The lowest BCUT2D eigenvalue weighted by atomic mass is 9.95. The number of fused-ring (bicyclic) bond motifs is 1. The number of carbonyl (C=O) groups excluding carboxylic acids is 1. The zero-order valence-corrected chi connectivity index (χ0v) is 13.4. The molecule has 2 aliphatic rings. The molecule has 1 atom stereocenters. The Bertz CT molecular complexity index is 729. The van der Waals surface area contributed by atoms with Crippen LogP contribution in [0.3, 0.4) is 0 Å². The van der Waals surface area contributed by atoms with Crippen molar-refractivity contribution in [1.82, 2.24) is 9.88 Å². The highest BCUT2D eigenvalue weighted by Crippen LogP contribution is 2.30. The average molecular weight is 335 g/mol. The highest BCUT2D eigenvalue weighted by Gasteiger charge is 2.39. The molecule has 2 aromatic rings. The number of halogens is 1. The molecule has 0 spiro atoms. The summed E-state index contributed by atoms with van der Waals surface area (Å²) in [7, 11) is 0. The molecule has 5 nitrogen and oxygen atoms in total. The highest BCUT2D eigenvalue weighted by molar-refractivity contribution is 7.22. The Morgan fingerprint density at radius 1 is 1.35 bits per heavy atom. The molecular weight excluding hydrogens is 317 g/mol. The van der Waals surface area contributed by atoms with Gasteiger partial charge in [-0.1, -0.05) is 17.4 Å². The molecule has 2 aliphatic heterocycles. The first-order valence-corrected chi connectivity index (χ1v) is 8.73. The third-order valence-electron chi connectivity index (χ3n) is 4.62. The molecule has 1 N–H and O–H groups in total. The molecule has 1 aromatic heterocycles. The van der Waals surface area contributed by atoms with E-state index < -0.39 is 0 Å². The zero-order valence-electron chi connectivity index (χ0n) is 12.6. The first-order chi connectivity index (χ1) is 11.2. The Morgan fingerprint density at radius 2 is 2.17 bits per heavy atom. The van der Waals surface area contributed by atoms with E-state index in [0.717, 1.165) is 43.7 Å². The maximum Gasteiger partial charge on any atom is 0.243 e. The maximum atomic E-state index is 13.7. The van der Waals surface area contributed by atoms with Crippen molar-refractivity contribution in [2.45, 2.75) is 31.3 Å². The van der Waals surface area contributed by atoms with Crippen LogP contribution in [0.2, 0.25) is 0 Å². The van der Waals surface area contributed by atoms with Crippen molar-refractivity contribution in [2.24, 2.45) is 0 Å². The van der Waals surface area contributed by atoms with E-state index in [-0.39, 0.29) is 17.8 Å². The fourth-order valence-corrected chi connectivity index (χ4v) is 4.18. The predicted molar refractivity (Wildman–Crippen MR) is 87.2 cm³/mol. The second-order valence-electron chi connectivity index (χ2n) is 5.98. The number of nitrogens with one attached hydrogen (secondary N) is 1. The van der Waals surface area contributed by atoms with Crippen molar-refractivity contribution in [3.63, 3.8) is 0 Å². The minimum Gasteiger partial charge on any atom is -0.381 e. The quantitative estimate of drug-likeness (QED) is 0.937. The zero-order chi connectivity index (χ0) is 15.8. The van der Waals surface area contributed by atoms with Crippen LogP contribution in [-0.2, 0) is 9.53 Å². The van der Waals surface area contributed by atoms with Gasteiger partial charge in [-0.2, -0.15) is 0 Å². The number of hydrogen-bond donors (Lipinski definition) is 1. The topological polar surface area (TPSA) is 54.5 Å². The van der Waals surface area contributed by atoms with E-state index >= 15 is 0 Å².